The molecule has 1 aliphatic carbocycles. The number of sulfone groups is 1. The van der Waals surface area contributed by atoms with Crippen LogP contribution in [0.2, 0.25) is 0 Å². The number of rotatable bonds is 6. The predicted molar refractivity (Wildman–Crippen MR) is 59.1 cm³/mol. The van der Waals surface area contributed by atoms with Crippen LogP contribution in [-0.4, -0.2) is 33.5 Å². The Kier molecular flexibility index (Phi) is 4.38. The van der Waals surface area contributed by atoms with Crippen LogP contribution < -0.4 is 5.32 Å². The Bertz CT molecular complexity index is 257. The van der Waals surface area contributed by atoms with Crippen LogP contribution in [0.5, 0.6) is 0 Å². The van der Waals surface area contributed by atoms with Gasteiger partial charge >= 0.3 is 0 Å². The van der Waals surface area contributed by atoms with Crippen LogP contribution in [0.1, 0.15) is 32.1 Å². The Morgan fingerprint density at radius 2 is 2.07 bits per heavy atom. The summed E-state index contributed by atoms with van der Waals surface area (Å²) in [5.41, 5.74) is 0. The first-order valence-electron chi connectivity index (χ1n) is 5.38. The highest BCUT2D eigenvalue weighted by molar-refractivity contribution is 7.90. The molecule has 1 atom stereocenters. The molecule has 1 aliphatic rings. The van der Waals surface area contributed by atoms with Crippen molar-refractivity contribution < 1.29 is 8.42 Å². The minimum absolute atomic E-state index is 0.331. The van der Waals surface area contributed by atoms with Gasteiger partial charge in [0.2, 0.25) is 0 Å². The maximum atomic E-state index is 10.9. The molecule has 1 N–H and O–H groups in total. The van der Waals surface area contributed by atoms with Crippen LogP contribution >= 0.6 is 0 Å². The number of nitrogens with one attached hydrogen (secondary N) is 1. The summed E-state index contributed by atoms with van der Waals surface area (Å²) < 4.78 is 21.9. The lowest BCUT2D eigenvalue weighted by Gasteiger charge is -2.33. The monoisotopic (exact) mass is 219 g/mol. The molecule has 0 aromatic rings. The molecule has 1 fully saturated rings. The van der Waals surface area contributed by atoms with Gasteiger partial charge in [0.25, 0.3) is 0 Å². The van der Waals surface area contributed by atoms with Crippen molar-refractivity contribution >= 4 is 9.84 Å². The lowest BCUT2D eigenvalue weighted by atomic mass is 9.78. The van der Waals surface area contributed by atoms with Crippen LogP contribution in [0.3, 0.4) is 0 Å². The fraction of sp³-hybridized carbons (Fsp3) is 1.00. The molecule has 84 valence electrons. The molecular formula is C10H21NO2S. The van der Waals surface area contributed by atoms with Gasteiger partial charge in [-0.05, 0) is 38.6 Å². The molecule has 1 unspecified atom stereocenters. The zero-order valence-electron chi connectivity index (χ0n) is 9.12. The average Bonchev–Trinajstić information content (AvgIpc) is 1.96. The Labute approximate surface area is 87.2 Å². The van der Waals surface area contributed by atoms with E-state index < -0.39 is 9.84 Å². The molecule has 0 aromatic carbocycles. The molecule has 3 nitrogen and oxygen atoms in total. The minimum atomic E-state index is -2.77. The Morgan fingerprint density at radius 1 is 1.43 bits per heavy atom. The highest BCUT2D eigenvalue weighted by Gasteiger charge is 2.25. The highest BCUT2D eigenvalue weighted by Crippen LogP contribution is 2.31. The van der Waals surface area contributed by atoms with E-state index >= 15 is 0 Å². The summed E-state index contributed by atoms with van der Waals surface area (Å²) in [5.74, 6) is 1.12. The Hall–Kier alpha value is -0.0900. The standard InChI is InChI=1S/C10H21NO2S/c1-11-10(9-5-3-6-9)7-4-8-14(2,12)13/h9-11H,3-8H2,1-2H3. The van der Waals surface area contributed by atoms with Crippen LogP contribution in [0.4, 0.5) is 0 Å². The molecule has 0 radical (unpaired) electrons. The van der Waals surface area contributed by atoms with Gasteiger partial charge in [-0.3, -0.25) is 0 Å². The fourth-order valence-electron chi connectivity index (χ4n) is 2.02. The van der Waals surface area contributed by atoms with Crippen molar-refractivity contribution in [2.75, 3.05) is 19.1 Å². The molecular weight excluding hydrogens is 198 g/mol. The summed E-state index contributed by atoms with van der Waals surface area (Å²) in [6.07, 6.45) is 7.06. The zero-order chi connectivity index (χ0) is 10.6. The number of hydrogen-bond acceptors (Lipinski definition) is 3. The van der Waals surface area contributed by atoms with Gasteiger partial charge < -0.3 is 5.32 Å². The normalized spacial score (nSPS) is 20.4. The first kappa shape index (κ1) is 12.0. The van der Waals surface area contributed by atoms with Crippen molar-refractivity contribution in [3.8, 4) is 0 Å². The molecule has 0 bridgehead atoms. The topological polar surface area (TPSA) is 46.2 Å². The van der Waals surface area contributed by atoms with Crippen molar-refractivity contribution in [3.05, 3.63) is 0 Å². The fourth-order valence-corrected chi connectivity index (χ4v) is 2.71. The van der Waals surface area contributed by atoms with Crippen LogP contribution in [0.25, 0.3) is 0 Å². The summed E-state index contributed by atoms with van der Waals surface area (Å²) in [6, 6.07) is 0.533. The van der Waals surface area contributed by atoms with Gasteiger partial charge in [-0.1, -0.05) is 6.42 Å². The second-order valence-corrected chi connectivity index (χ2v) is 6.62. The SMILES string of the molecule is CNC(CCCS(C)(=O)=O)C1CCC1. The number of hydrogen-bond donors (Lipinski definition) is 1. The molecule has 1 saturated carbocycles. The first-order chi connectivity index (χ1) is 6.53. The summed E-state index contributed by atoms with van der Waals surface area (Å²) in [5, 5.41) is 3.30. The lowest BCUT2D eigenvalue weighted by Crippen LogP contribution is -2.37. The van der Waals surface area contributed by atoms with Gasteiger partial charge in [0.1, 0.15) is 9.84 Å². The second kappa shape index (κ2) is 5.12. The Morgan fingerprint density at radius 3 is 2.43 bits per heavy atom. The van der Waals surface area contributed by atoms with Gasteiger partial charge in [-0.2, -0.15) is 0 Å². The van der Waals surface area contributed by atoms with E-state index in [0.717, 1.165) is 18.8 Å². The zero-order valence-corrected chi connectivity index (χ0v) is 9.94. The summed E-state index contributed by atoms with van der Waals surface area (Å²) in [4.78, 5) is 0. The van der Waals surface area contributed by atoms with E-state index in [9.17, 15) is 8.42 Å². The van der Waals surface area contributed by atoms with Gasteiger partial charge in [0, 0.05) is 18.1 Å². The largest absolute Gasteiger partial charge is 0.317 e. The Balaban J connectivity index is 2.20. The summed E-state index contributed by atoms with van der Waals surface area (Å²) in [7, 11) is -0.795. The van der Waals surface area contributed by atoms with Gasteiger partial charge in [-0.15, -0.1) is 0 Å². The summed E-state index contributed by atoms with van der Waals surface area (Å²) >= 11 is 0. The molecule has 0 amide bonds. The van der Waals surface area contributed by atoms with Crippen molar-refractivity contribution in [2.45, 2.75) is 38.1 Å². The van der Waals surface area contributed by atoms with E-state index in [-0.39, 0.29) is 0 Å². The van der Waals surface area contributed by atoms with Gasteiger partial charge in [-0.25, -0.2) is 8.42 Å². The third-order valence-corrected chi connectivity index (χ3v) is 4.15. The van der Waals surface area contributed by atoms with E-state index in [4.69, 9.17) is 0 Å². The molecule has 1 rings (SSSR count). The maximum Gasteiger partial charge on any atom is 0.147 e. The van der Waals surface area contributed by atoms with E-state index in [0.29, 0.717) is 11.8 Å². The summed E-state index contributed by atoms with van der Waals surface area (Å²) in [6.45, 7) is 0. The molecule has 0 saturated heterocycles. The molecule has 4 heteroatoms. The van der Waals surface area contributed by atoms with Gasteiger partial charge in [0.05, 0.1) is 0 Å². The van der Waals surface area contributed by atoms with E-state index in [1.165, 1.54) is 25.5 Å². The van der Waals surface area contributed by atoms with Crippen LogP contribution in [-0.2, 0) is 9.84 Å². The maximum absolute atomic E-state index is 10.9. The predicted octanol–water partition coefficient (Wildman–Crippen LogP) is 1.20. The molecule has 0 aliphatic heterocycles. The molecule has 0 aromatic heterocycles. The third kappa shape index (κ3) is 3.96. The van der Waals surface area contributed by atoms with Crippen LogP contribution in [0.15, 0.2) is 0 Å². The van der Waals surface area contributed by atoms with E-state index in [1.54, 1.807) is 0 Å². The van der Waals surface area contributed by atoms with Crippen molar-refractivity contribution in [1.82, 2.24) is 5.32 Å². The van der Waals surface area contributed by atoms with Crippen molar-refractivity contribution in [3.63, 3.8) is 0 Å². The smallest absolute Gasteiger partial charge is 0.147 e. The highest BCUT2D eigenvalue weighted by atomic mass is 32.2. The van der Waals surface area contributed by atoms with Gasteiger partial charge in [0.15, 0.2) is 0 Å². The van der Waals surface area contributed by atoms with E-state index in [2.05, 4.69) is 5.32 Å². The quantitative estimate of drug-likeness (QED) is 0.730. The molecule has 0 heterocycles. The van der Waals surface area contributed by atoms with Crippen molar-refractivity contribution in [2.24, 2.45) is 5.92 Å². The van der Waals surface area contributed by atoms with Crippen LogP contribution in [0, 0.1) is 5.92 Å². The molecule has 0 spiro atoms. The van der Waals surface area contributed by atoms with E-state index in [1.807, 2.05) is 7.05 Å². The first-order valence-corrected chi connectivity index (χ1v) is 7.44. The average molecular weight is 219 g/mol. The lowest BCUT2D eigenvalue weighted by molar-refractivity contribution is 0.227. The second-order valence-electron chi connectivity index (χ2n) is 4.36. The molecule has 14 heavy (non-hydrogen) atoms. The third-order valence-electron chi connectivity index (χ3n) is 3.12. The minimum Gasteiger partial charge on any atom is -0.317 e. The van der Waals surface area contributed by atoms with Crippen molar-refractivity contribution in [1.29, 1.82) is 0 Å².